The normalized spacial score (nSPS) is 17.8. The van der Waals surface area contributed by atoms with Gasteiger partial charge in [0.25, 0.3) is 11.8 Å². The summed E-state index contributed by atoms with van der Waals surface area (Å²) in [6.45, 7) is 2.06. The number of amides is 3. The van der Waals surface area contributed by atoms with Gasteiger partial charge in [-0.15, -0.1) is 0 Å². The molecule has 34 heavy (non-hydrogen) atoms. The van der Waals surface area contributed by atoms with Crippen LogP contribution in [0.15, 0.2) is 47.6 Å². The van der Waals surface area contributed by atoms with Crippen LogP contribution in [-0.2, 0) is 16.1 Å². The van der Waals surface area contributed by atoms with Crippen molar-refractivity contribution >= 4 is 40.3 Å². The van der Waals surface area contributed by atoms with Gasteiger partial charge in [0, 0.05) is 49.1 Å². The molecule has 1 aromatic carbocycles. The van der Waals surface area contributed by atoms with Crippen LogP contribution in [0.4, 0.5) is 5.69 Å². The fourth-order valence-electron chi connectivity index (χ4n) is 3.87. The number of pyridine rings is 1. The van der Waals surface area contributed by atoms with Gasteiger partial charge < -0.3 is 20.3 Å². The molecule has 0 spiro atoms. The number of thioether (sulfide) groups is 1. The number of hydrogen-bond donors (Lipinski definition) is 2. The van der Waals surface area contributed by atoms with Crippen molar-refractivity contribution in [2.75, 3.05) is 25.5 Å². The Hall–Kier alpha value is -3.40. The van der Waals surface area contributed by atoms with Crippen LogP contribution in [0.2, 0.25) is 0 Å². The number of carbonyl (C=O) groups excluding carboxylic acids is 3. The molecule has 9 nitrogen and oxygen atoms in total. The molecule has 10 heteroatoms. The Bertz CT molecular complexity index is 1100. The summed E-state index contributed by atoms with van der Waals surface area (Å²) in [6, 6.07) is 10.3. The predicted molar refractivity (Wildman–Crippen MR) is 131 cm³/mol. The van der Waals surface area contributed by atoms with E-state index in [1.165, 1.54) is 25.3 Å². The lowest BCUT2D eigenvalue weighted by Crippen LogP contribution is -2.33. The standard InChI is InChI=1S/C24H27N5O4S/c1-33-23-17(8-6-10-25-23)15-26-21(31)16-7-5-9-18(13-16)27-20(30)14-19-22(32)28-24(34-19)29-11-3-2-4-12-29/h5-10,13,19H,2-4,11-12,14-15H2,1H3,(H,26,31)(H,27,30). The maximum atomic E-state index is 12.6. The summed E-state index contributed by atoms with van der Waals surface area (Å²) in [5, 5.41) is 5.84. The zero-order valence-electron chi connectivity index (χ0n) is 19.0. The number of amidine groups is 1. The number of methoxy groups -OCH3 is 1. The highest BCUT2D eigenvalue weighted by atomic mass is 32.2. The molecule has 2 aliphatic rings. The van der Waals surface area contributed by atoms with Crippen LogP contribution in [0, 0.1) is 0 Å². The smallest absolute Gasteiger partial charge is 0.262 e. The summed E-state index contributed by atoms with van der Waals surface area (Å²) < 4.78 is 5.20. The minimum Gasteiger partial charge on any atom is -0.481 e. The van der Waals surface area contributed by atoms with Gasteiger partial charge in [-0.2, -0.15) is 4.99 Å². The second-order valence-electron chi connectivity index (χ2n) is 8.07. The Morgan fingerprint density at radius 2 is 2.00 bits per heavy atom. The molecule has 3 heterocycles. The lowest BCUT2D eigenvalue weighted by molar-refractivity contribution is -0.121. The van der Waals surface area contributed by atoms with Crippen LogP contribution in [0.3, 0.4) is 0 Å². The maximum Gasteiger partial charge on any atom is 0.262 e. The zero-order valence-corrected chi connectivity index (χ0v) is 19.8. The van der Waals surface area contributed by atoms with Gasteiger partial charge in [-0.1, -0.05) is 23.9 Å². The first-order valence-corrected chi connectivity index (χ1v) is 12.1. The summed E-state index contributed by atoms with van der Waals surface area (Å²) in [6.07, 6.45) is 5.04. The third kappa shape index (κ3) is 5.93. The molecule has 1 saturated heterocycles. The van der Waals surface area contributed by atoms with E-state index in [0.717, 1.165) is 36.7 Å². The quantitative estimate of drug-likeness (QED) is 0.625. The molecule has 2 aliphatic heterocycles. The first-order valence-electron chi connectivity index (χ1n) is 11.2. The minimum atomic E-state index is -0.516. The topological polar surface area (TPSA) is 113 Å². The van der Waals surface area contributed by atoms with Crippen molar-refractivity contribution in [1.29, 1.82) is 0 Å². The van der Waals surface area contributed by atoms with Crippen molar-refractivity contribution in [2.24, 2.45) is 4.99 Å². The number of likely N-dealkylation sites (tertiary alicyclic amines) is 1. The fourth-order valence-corrected chi connectivity index (χ4v) is 4.99. The molecule has 0 aliphatic carbocycles. The number of rotatable bonds is 7. The molecule has 0 bridgehead atoms. The van der Waals surface area contributed by atoms with Crippen LogP contribution in [0.1, 0.15) is 41.6 Å². The van der Waals surface area contributed by atoms with E-state index in [0.29, 0.717) is 17.1 Å². The number of anilines is 1. The van der Waals surface area contributed by atoms with Gasteiger partial charge in [-0.05, 0) is 43.5 Å². The SMILES string of the molecule is COc1ncccc1CNC(=O)c1cccc(NC(=O)CC2SC(N3CCCCC3)=NC2=O)c1. The van der Waals surface area contributed by atoms with Gasteiger partial charge in [0.1, 0.15) is 5.25 Å². The highest BCUT2D eigenvalue weighted by Gasteiger charge is 2.33. The van der Waals surface area contributed by atoms with E-state index in [4.69, 9.17) is 4.74 Å². The largest absolute Gasteiger partial charge is 0.481 e. The Kier molecular flexibility index (Phi) is 7.79. The van der Waals surface area contributed by atoms with Crippen LogP contribution in [0.5, 0.6) is 5.88 Å². The number of aromatic nitrogens is 1. The van der Waals surface area contributed by atoms with Crippen molar-refractivity contribution in [3.8, 4) is 5.88 Å². The van der Waals surface area contributed by atoms with Crippen molar-refractivity contribution in [3.63, 3.8) is 0 Å². The maximum absolute atomic E-state index is 12.6. The molecule has 1 unspecified atom stereocenters. The molecule has 4 rings (SSSR count). The molecule has 0 radical (unpaired) electrons. The fraction of sp³-hybridized carbons (Fsp3) is 0.375. The van der Waals surface area contributed by atoms with Crippen LogP contribution >= 0.6 is 11.8 Å². The molecule has 1 fully saturated rings. The molecule has 1 aromatic heterocycles. The number of piperidine rings is 1. The summed E-state index contributed by atoms with van der Waals surface area (Å²) >= 11 is 1.37. The summed E-state index contributed by atoms with van der Waals surface area (Å²) in [7, 11) is 1.53. The van der Waals surface area contributed by atoms with Gasteiger partial charge in [-0.3, -0.25) is 14.4 Å². The van der Waals surface area contributed by atoms with E-state index < -0.39 is 5.25 Å². The average molecular weight is 482 g/mol. The third-order valence-electron chi connectivity index (χ3n) is 5.62. The summed E-state index contributed by atoms with van der Waals surface area (Å²) in [4.78, 5) is 47.9. The second-order valence-corrected chi connectivity index (χ2v) is 9.24. The van der Waals surface area contributed by atoms with Gasteiger partial charge >= 0.3 is 0 Å². The van der Waals surface area contributed by atoms with Crippen molar-refractivity contribution in [1.82, 2.24) is 15.2 Å². The molecule has 3 amide bonds. The number of nitrogens with zero attached hydrogens (tertiary/aromatic N) is 3. The Morgan fingerprint density at radius 3 is 2.79 bits per heavy atom. The lowest BCUT2D eigenvalue weighted by atomic mass is 10.1. The number of carbonyl (C=O) groups is 3. The lowest BCUT2D eigenvalue weighted by Gasteiger charge is -2.27. The molecule has 2 aromatic rings. The van der Waals surface area contributed by atoms with Crippen molar-refractivity contribution in [2.45, 2.75) is 37.5 Å². The predicted octanol–water partition coefficient (Wildman–Crippen LogP) is 2.83. The van der Waals surface area contributed by atoms with Crippen LogP contribution in [0.25, 0.3) is 0 Å². The van der Waals surface area contributed by atoms with Gasteiger partial charge in [-0.25, -0.2) is 4.98 Å². The van der Waals surface area contributed by atoms with E-state index in [2.05, 4.69) is 25.5 Å². The second kappa shape index (κ2) is 11.1. The first kappa shape index (κ1) is 23.7. The average Bonchev–Trinajstić information content (AvgIpc) is 3.23. The minimum absolute atomic E-state index is 0.0293. The number of hydrogen-bond acceptors (Lipinski definition) is 7. The van der Waals surface area contributed by atoms with Crippen LogP contribution in [-0.4, -0.2) is 58.2 Å². The zero-order chi connectivity index (χ0) is 23.9. The molecular weight excluding hydrogens is 454 g/mol. The van der Waals surface area contributed by atoms with Gasteiger partial charge in [0.05, 0.1) is 7.11 Å². The number of ether oxygens (including phenoxy) is 1. The molecule has 2 N–H and O–H groups in total. The molecule has 0 saturated carbocycles. The van der Waals surface area contributed by atoms with Gasteiger partial charge in [0.2, 0.25) is 11.8 Å². The molecule has 178 valence electrons. The van der Waals surface area contributed by atoms with E-state index in [9.17, 15) is 14.4 Å². The van der Waals surface area contributed by atoms with E-state index in [1.54, 1.807) is 36.5 Å². The third-order valence-corrected chi connectivity index (χ3v) is 6.83. The van der Waals surface area contributed by atoms with Crippen LogP contribution < -0.4 is 15.4 Å². The summed E-state index contributed by atoms with van der Waals surface area (Å²) in [5.41, 5.74) is 1.65. The number of aliphatic imine (C=N–C) groups is 1. The monoisotopic (exact) mass is 481 g/mol. The van der Waals surface area contributed by atoms with Crippen molar-refractivity contribution in [3.05, 3.63) is 53.7 Å². The Labute approximate surface area is 202 Å². The van der Waals surface area contributed by atoms with Crippen molar-refractivity contribution < 1.29 is 19.1 Å². The Balaban J connectivity index is 1.30. The highest BCUT2D eigenvalue weighted by Crippen LogP contribution is 2.29. The highest BCUT2D eigenvalue weighted by molar-refractivity contribution is 8.15. The number of benzene rings is 1. The number of nitrogens with one attached hydrogen (secondary N) is 2. The van der Waals surface area contributed by atoms with E-state index >= 15 is 0 Å². The van der Waals surface area contributed by atoms with E-state index in [-0.39, 0.29) is 30.7 Å². The van der Waals surface area contributed by atoms with Gasteiger partial charge in [0.15, 0.2) is 5.17 Å². The Morgan fingerprint density at radius 1 is 1.18 bits per heavy atom. The first-order chi connectivity index (χ1) is 16.5. The van der Waals surface area contributed by atoms with E-state index in [1.807, 2.05) is 6.07 Å². The summed E-state index contributed by atoms with van der Waals surface area (Å²) in [5.74, 6) is -0.392. The molecular formula is C24H27N5O4S. The molecule has 1 atom stereocenters.